The molecule has 0 amide bonds. The van der Waals surface area contributed by atoms with E-state index in [1.807, 2.05) is 26.4 Å². The van der Waals surface area contributed by atoms with E-state index < -0.39 is 0 Å². The molecule has 0 radical (unpaired) electrons. The van der Waals surface area contributed by atoms with Crippen LogP contribution in [-0.4, -0.2) is 23.1 Å². The second-order valence-electron chi connectivity index (χ2n) is 4.03. The Kier molecular flexibility index (Phi) is 3.11. The molecule has 15 heavy (non-hydrogen) atoms. The van der Waals surface area contributed by atoms with Crippen molar-refractivity contribution in [1.29, 1.82) is 0 Å². The highest BCUT2D eigenvalue weighted by molar-refractivity contribution is 5.62. The topological polar surface area (TPSA) is 37.8 Å². The largest absolute Gasteiger partial charge is 0.317 e. The molecule has 0 bridgehead atoms. The lowest BCUT2D eigenvalue weighted by Gasteiger charge is -2.20. The molecule has 0 saturated heterocycles. The molecule has 0 saturated carbocycles. The summed E-state index contributed by atoms with van der Waals surface area (Å²) in [4.78, 5) is 8.68. The van der Waals surface area contributed by atoms with E-state index in [9.17, 15) is 0 Å². The molecular formula is C12H17N3. The van der Waals surface area contributed by atoms with Gasteiger partial charge in [0, 0.05) is 12.2 Å². The first kappa shape index (κ1) is 10.3. The van der Waals surface area contributed by atoms with Gasteiger partial charge in [-0.1, -0.05) is 6.08 Å². The molecule has 0 aliphatic heterocycles. The Balaban J connectivity index is 2.12. The Morgan fingerprint density at radius 2 is 2.20 bits per heavy atom. The highest BCUT2D eigenvalue weighted by Gasteiger charge is 2.14. The van der Waals surface area contributed by atoms with Gasteiger partial charge in [-0.05, 0) is 38.8 Å². The van der Waals surface area contributed by atoms with Crippen LogP contribution < -0.4 is 5.32 Å². The highest BCUT2D eigenvalue weighted by atomic mass is 14.9. The van der Waals surface area contributed by atoms with Crippen LogP contribution in [0.3, 0.4) is 0 Å². The maximum absolute atomic E-state index is 4.40. The van der Waals surface area contributed by atoms with Crippen LogP contribution in [0, 0.1) is 6.92 Å². The van der Waals surface area contributed by atoms with Crippen molar-refractivity contribution in [3.8, 4) is 0 Å². The molecule has 1 aromatic rings. The standard InChI is InChI=1S/C12H17N3/c1-9-7-15-12(8-14-9)10-3-5-11(13-2)6-4-10/h3,7-8,11,13H,4-6H2,1-2H3. The quantitative estimate of drug-likeness (QED) is 0.798. The summed E-state index contributed by atoms with van der Waals surface area (Å²) in [6, 6.07) is 0.632. The van der Waals surface area contributed by atoms with Crippen LogP contribution in [0.25, 0.3) is 5.57 Å². The third-order valence-electron chi connectivity index (χ3n) is 2.93. The van der Waals surface area contributed by atoms with Crippen molar-refractivity contribution >= 4 is 5.57 Å². The number of nitrogens with zero attached hydrogens (tertiary/aromatic N) is 2. The fraction of sp³-hybridized carbons (Fsp3) is 0.500. The minimum atomic E-state index is 0.632. The Morgan fingerprint density at radius 1 is 1.33 bits per heavy atom. The normalized spacial score (nSPS) is 21.2. The van der Waals surface area contributed by atoms with Crippen LogP contribution >= 0.6 is 0 Å². The zero-order valence-electron chi connectivity index (χ0n) is 9.33. The highest BCUT2D eigenvalue weighted by Crippen LogP contribution is 2.24. The molecular weight excluding hydrogens is 186 g/mol. The van der Waals surface area contributed by atoms with Crippen molar-refractivity contribution in [2.75, 3.05) is 7.05 Å². The summed E-state index contributed by atoms with van der Waals surface area (Å²) in [5.41, 5.74) is 3.35. The fourth-order valence-electron chi connectivity index (χ4n) is 1.89. The van der Waals surface area contributed by atoms with Crippen LogP contribution in [0.15, 0.2) is 18.5 Å². The van der Waals surface area contributed by atoms with E-state index in [0.29, 0.717) is 6.04 Å². The molecule has 0 spiro atoms. The lowest BCUT2D eigenvalue weighted by atomic mass is 9.93. The van der Waals surface area contributed by atoms with Crippen molar-refractivity contribution in [1.82, 2.24) is 15.3 Å². The van der Waals surface area contributed by atoms with E-state index in [1.165, 1.54) is 12.0 Å². The average molecular weight is 203 g/mol. The molecule has 3 nitrogen and oxygen atoms in total. The van der Waals surface area contributed by atoms with Gasteiger partial charge < -0.3 is 5.32 Å². The summed E-state index contributed by atoms with van der Waals surface area (Å²) >= 11 is 0. The SMILES string of the molecule is CNC1CC=C(c2cnc(C)cn2)CC1. The van der Waals surface area contributed by atoms with Crippen LogP contribution in [0.2, 0.25) is 0 Å². The number of nitrogens with one attached hydrogen (secondary N) is 1. The van der Waals surface area contributed by atoms with Gasteiger partial charge in [0.15, 0.2) is 0 Å². The summed E-state index contributed by atoms with van der Waals surface area (Å²) < 4.78 is 0. The summed E-state index contributed by atoms with van der Waals surface area (Å²) in [6.45, 7) is 1.96. The number of hydrogen-bond donors (Lipinski definition) is 1. The molecule has 1 heterocycles. The summed E-state index contributed by atoms with van der Waals surface area (Å²) in [5.74, 6) is 0. The monoisotopic (exact) mass is 203 g/mol. The lowest BCUT2D eigenvalue weighted by molar-refractivity contribution is 0.522. The zero-order valence-corrected chi connectivity index (χ0v) is 9.33. The Hall–Kier alpha value is -1.22. The first-order valence-electron chi connectivity index (χ1n) is 5.45. The molecule has 2 rings (SSSR count). The zero-order chi connectivity index (χ0) is 10.7. The van der Waals surface area contributed by atoms with Crippen molar-refractivity contribution < 1.29 is 0 Å². The molecule has 1 aliphatic rings. The number of allylic oxidation sites excluding steroid dienone is 1. The van der Waals surface area contributed by atoms with E-state index in [-0.39, 0.29) is 0 Å². The predicted molar refractivity (Wildman–Crippen MR) is 61.4 cm³/mol. The average Bonchev–Trinajstić information content (AvgIpc) is 2.30. The number of aromatic nitrogens is 2. The van der Waals surface area contributed by atoms with Gasteiger partial charge in [-0.15, -0.1) is 0 Å². The smallest absolute Gasteiger partial charge is 0.0841 e. The molecule has 1 unspecified atom stereocenters. The van der Waals surface area contributed by atoms with Gasteiger partial charge in [-0.3, -0.25) is 9.97 Å². The molecule has 1 aliphatic carbocycles. The van der Waals surface area contributed by atoms with Gasteiger partial charge in [0.25, 0.3) is 0 Å². The number of hydrogen-bond acceptors (Lipinski definition) is 3. The van der Waals surface area contributed by atoms with Gasteiger partial charge in [-0.25, -0.2) is 0 Å². The van der Waals surface area contributed by atoms with E-state index in [0.717, 1.165) is 24.2 Å². The van der Waals surface area contributed by atoms with E-state index in [4.69, 9.17) is 0 Å². The number of rotatable bonds is 2. The molecule has 0 fully saturated rings. The van der Waals surface area contributed by atoms with E-state index in [1.54, 1.807) is 0 Å². The van der Waals surface area contributed by atoms with Gasteiger partial charge >= 0.3 is 0 Å². The molecule has 3 heteroatoms. The minimum absolute atomic E-state index is 0.632. The molecule has 1 N–H and O–H groups in total. The predicted octanol–water partition coefficient (Wildman–Crippen LogP) is 1.94. The van der Waals surface area contributed by atoms with Gasteiger partial charge in [0.2, 0.25) is 0 Å². The van der Waals surface area contributed by atoms with Crippen molar-refractivity contribution in [2.24, 2.45) is 0 Å². The second kappa shape index (κ2) is 4.53. The van der Waals surface area contributed by atoms with Crippen molar-refractivity contribution in [3.05, 3.63) is 29.9 Å². The van der Waals surface area contributed by atoms with E-state index >= 15 is 0 Å². The van der Waals surface area contributed by atoms with Crippen molar-refractivity contribution in [3.63, 3.8) is 0 Å². The van der Waals surface area contributed by atoms with Crippen LogP contribution in [0.4, 0.5) is 0 Å². The maximum Gasteiger partial charge on any atom is 0.0841 e. The molecule has 0 aromatic carbocycles. The third-order valence-corrected chi connectivity index (χ3v) is 2.93. The first-order chi connectivity index (χ1) is 7.29. The van der Waals surface area contributed by atoms with Crippen molar-refractivity contribution in [2.45, 2.75) is 32.2 Å². The van der Waals surface area contributed by atoms with Gasteiger partial charge in [0.05, 0.1) is 17.6 Å². The number of aryl methyl sites for hydroxylation is 1. The molecule has 1 atom stereocenters. The van der Waals surface area contributed by atoms with Gasteiger partial charge in [0.1, 0.15) is 0 Å². The minimum Gasteiger partial charge on any atom is -0.317 e. The van der Waals surface area contributed by atoms with Crippen LogP contribution in [-0.2, 0) is 0 Å². The van der Waals surface area contributed by atoms with Crippen LogP contribution in [0.5, 0.6) is 0 Å². The Labute approximate surface area is 90.6 Å². The van der Waals surface area contributed by atoms with E-state index in [2.05, 4.69) is 21.4 Å². The lowest BCUT2D eigenvalue weighted by Crippen LogP contribution is -2.26. The third kappa shape index (κ3) is 2.42. The van der Waals surface area contributed by atoms with Gasteiger partial charge in [-0.2, -0.15) is 0 Å². The maximum atomic E-state index is 4.40. The first-order valence-corrected chi connectivity index (χ1v) is 5.45. The fourth-order valence-corrected chi connectivity index (χ4v) is 1.89. The second-order valence-corrected chi connectivity index (χ2v) is 4.03. The Bertz CT molecular complexity index is 354. The Morgan fingerprint density at radius 3 is 2.73 bits per heavy atom. The van der Waals surface area contributed by atoms with Crippen LogP contribution in [0.1, 0.15) is 30.7 Å². The molecule has 80 valence electrons. The molecule has 1 aromatic heterocycles. The summed E-state index contributed by atoms with van der Waals surface area (Å²) in [5, 5.41) is 3.30. The summed E-state index contributed by atoms with van der Waals surface area (Å²) in [7, 11) is 2.02. The summed E-state index contributed by atoms with van der Waals surface area (Å²) in [6.07, 6.45) is 9.38.